The molecule has 3 fully saturated rings. The van der Waals surface area contributed by atoms with E-state index in [0.29, 0.717) is 12.8 Å². The zero-order chi connectivity index (χ0) is 32.3. The Hall–Kier alpha value is -1.85. The Labute approximate surface area is 252 Å². The summed E-state index contributed by atoms with van der Waals surface area (Å²) in [7, 11) is -1.10. The number of rotatable bonds is 8. The molecule has 10 heteroatoms. The average Bonchev–Trinajstić information content (AvgIpc) is 2.85. The highest BCUT2D eigenvalue weighted by atomic mass is 28.4. The Morgan fingerprint density at radius 1 is 1.12 bits per heavy atom. The van der Waals surface area contributed by atoms with Crippen LogP contribution in [0.3, 0.4) is 0 Å². The van der Waals surface area contributed by atoms with Gasteiger partial charge in [0, 0.05) is 30.9 Å². The summed E-state index contributed by atoms with van der Waals surface area (Å²) in [5.74, 6) is -2.62. The van der Waals surface area contributed by atoms with Crippen LogP contribution < -0.4 is 0 Å². The number of Topliss-reactive ketones (excluding diaryl/α,β-unsaturated/α-hetero) is 1. The fraction of sp³-hybridized carbons (Fsp3) is 0.781. The molecule has 3 rings (SSSR count). The molecule has 9 nitrogen and oxygen atoms in total. The average molecular weight is 609 g/mol. The molecule has 1 heterocycles. The standard InChI is InChI=1S/C32H52O9Si/c1-14-22(34)38-24-25-28(6,7)17-16-21(40-42(12,13)27(3,4)5)30(25,9)32(36)20(33)18-29(8,15-2)41-31(32,10)26(24)39-23(35)19-37-11/h14-15,21,24-26,36H,1-2,16-19H2,3-13H3/t21-,24-,25-,26-,29-,30-,31+,32-/m0/s1. The second-order valence-electron chi connectivity index (χ2n) is 15.1. The molecule has 1 aliphatic heterocycles. The Bertz CT molecular complexity index is 1130. The highest BCUT2D eigenvalue weighted by Gasteiger charge is 2.82. The van der Waals surface area contributed by atoms with Gasteiger partial charge in [-0.25, -0.2) is 9.59 Å². The van der Waals surface area contributed by atoms with Gasteiger partial charge in [0.1, 0.15) is 18.3 Å². The number of fused-ring (bicyclic) bond motifs is 3. The van der Waals surface area contributed by atoms with E-state index in [1.807, 2.05) is 20.8 Å². The number of hydrogen-bond donors (Lipinski definition) is 1. The quantitative estimate of drug-likeness (QED) is 0.177. The smallest absolute Gasteiger partial charge is 0.332 e. The molecule has 0 bridgehead atoms. The first kappa shape index (κ1) is 34.6. The summed E-state index contributed by atoms with van der Waals surface area (Å²) < 4.78 is 30.9. The van der Waals surface area contributed by atoms with Gasteiger partial charge in [0.15, 0.2) is 25.8 Å². The number of carbonyl (C=O) groups is 3. The zero-order valence-electron chi connectivity index (χ0n) is 27.4. The van der Waals surface area contributed by atoms with Crippen molar-refractivity contribution in [2.45, 2.75) is 128 Å². The zero-order valence-corrected chi connectivity index (χ0v) is 28.4. The minimum Gasteiger partial charge on any atom is -0.455 e. The van der Waals surface area contributed by atoms with E-state index >= 15 is 0 Å². The molecule has 2 saturated carbocycles. The van der Waals surface area contributed by atoms with Crippen LogP contribution in [0.2, 0.25) is 18.1 Å². The predicted molar refractivity (Wildman–Crippen MR) is 161 cm³/mol. The van der Waals surface area contributed by atoms with Gasteiger partial charge in [0.25, 0.3) is 0 Å². The van der Waals surface area contributed by atoms with Crippen molar-refractivity contribution < 1.29 is 42.9 Å². The number of ketones is 1. The fourth-order valence-electron chi connectivity index (χ4n) is 7.73. The predicted octanol–water partition coefficient (Wildman–Crippen LogP) is 4.91. The van der Waals surface area contributed by atoms with Crippen LogP contribution in [0.5, 0.6) is 0 Å². The third-order valence-electron chi connectivity index (χ3n) is 10.9. The second-order valence-corrected chi connectivity index (χ2v) is 19.9. The van der Waals surface area contributed by atoms with Gasteiger partial charge >= 0.3 is 11.9 Å². The first-order valence-electron chi connectivity index (χ1n) is 14.8. The van der Waals surface area contributed by atoms with Crippen LogP contribution in [0.4, 0.5) is 0 Å². The van der Waals surface area contributed by atoms with Gasteiger partial charge in [0.05, 0.1) is 11.7 Å². The summed E-state index contributed by atoms with van der Waals surface area (Å²) in [6.45, 7) is 26.9. The third kappa shape index (κ3) is 5.15. The maximum absolute atomic E-state index is 14.5. The largest absolute Gasteiger partial charge is 0.455 e. The summed E-state index contributed by atoms with van der Waals surface area (Å²) >= 11 is 0. The lowest BCUT2D eigenvalue weighted by molar-refractivity contribution is -0.369. The third-order valence-corrected chi connectivity index (χ3v) is 15.3. The molecule has 1 saturated heterocycles. The Balaban J connectivity index is 2.43. The number of esters is 2. The minimum absolute atomic E-state index is 0.145. The topological polar surface area (TPSA) is 118 Å². The Morgan fingerprint density at radius 2 is 1.71 bits per heavy atom. The number of aliphatic hydroxyl groups is 1. The molecular weight excluding hydrogens is 556 g/mol. The van der Waals surface area contributed by atoms with Gasteiger partial charge < -0.3 is 28.5 Å². The van der Waals surface area contributed by atoms with E-state index < -0.39 is 77.9 Å². The molecular formula is C32H52O9Si. The Morgan fingerprint density at radius 3 is 2.21 bits per heavy atom. The van der Waals surface area contributed by atoms with E-state index in [1.54, 1.807) is 13.8 Å². The molecule has 0 aromatic carbocycles. The van der Waals surface area contributed by atoms with Gasteiger partial charge in [0.2, 0.25) is 0 Å². The Kier molecular flexibility index (Phi) is 9.02. The van der Waals surface area contributed by atoms with Crippen molar-refractivity contribution in [3.8, 4) is 0 Å². The van der Waals surface area contributed by atoms with Gasteiger partial charge in [-0.2, -0.15) is 0 Å². The lowest BCUT2D eigenvalue weighted by Crippen LogP contribution is -2.87. The van der Waals surface area contributed by atoms with Crippen molar-refractivity contribution in [1.82, 2.24) is 0 Å². The number of hydrogen-bond acceptors (Lipinski definition) is 9. The van der Waals surface area contributed by atoms with E-state index in [0.717, 1.165) is 6.08 Å². The minimum atomic E-state index is -2.45. The van der Waals surface area contributed by atoms with Crippen molar-refractivity contribution in [2.75, 3.05) is 13.7 Å². The number of ether oxygens (including phenoxy) is 4. The van der Waals surface area contributed by atoms with E-state index in [2.05, 4.69) is 47.0 Å². The molecule has 3 aliphatic rings. The SMILES string of the molecule is C=CC(=O)O[C@H]1[C@H]2C(C)(C)CC[C@H](O[Si](C)(C)C(C)(C)C)[C@]2(C)[C@@]2(O)C(=O)C[C@](C)(C=C)O[C@]2(C)[C@H]1OC(=O)COC. The van der Waals surface area contributed by atoms with Crippen molar-refractivity contribution in [1.29, 1.82) is 0 Å². The molecule has 0 radical (unpaired) electrons. The van der Waals surface area contributed by atoms with Crippen molar-refractivity contribution >= 4 is 26.0 Å². The summed E-state index contributed by atoms with van der Waals surface area (Å²) in [4.78, 5) is 40.5. The maximum atomic E-state index is 14.5. The first-order valence-corrected chi connectivity index (χ1v) is 17.7. The summed E-state index contributed by atoms with van der Waals surface area (Å²) in [6.07, 6.45) is 0.545. The van der Waals surface area contributed by atoms with Crippen LogP contribution in [0.15, 0.2) is 25.3 Å². The highest BCUT2D eigenvalue weighted by Crippen LogP contribution is 2.68. The van der Waals surface area contributed by atoms with Crippen LogP contribution in [0.1, 0.15) is 74.7 Å². The first-order chi connectivity index (χ1) is 19.0. The van der Waals surface area contributed by atoms with Crippen molar-refractivity contribution in [2.24, 2.45) is 16.7 Å². The van der Waals surface area contributed by atoms with Crippen molar-refractivity contribution in [3.63, 3.8) is 0 Å². The van der Waals surface area contributed by atoms with Gasteiger partial charge in [-0.1, -0.05) is 54.2 Å². The number of methoxy groups -OCH3 is 1. The lowest BCUT2D eigenvalue weighted by atomic mass is 9.39. The summed E-state index contributed by atoms with van der Waals surface area (Å²) in [5.41, 5.74) is -7.17. The van der Waals surface area contributed by atoms with Crippen LogP contribution >= 0.6 is 0 Å². The summed E-state index contributed by atoms with van der Waals surface area (Å²) in [6, 6.07) is 0. The maximum Gasteiger partial charge on any atom is 0.332 e. The van der Waals surface area contributed by atoms with Gasteiger partial charge in [-0.05, 0) is 50.2 Å². The molecule has 0 unspecified atom stereocenters. The number of carbonyl (C=O) groups excluding carboxylic acids is 3. The van der Waals surface area contributed by atoms with E-state index in [9.17, 15) is 19.5 Å². The molecule has 1 N–H and O–H groups in total. The van der Waals surface area contributed by atoms with E-state index in [4.69, 9.17) is 23.4 Å². The molecule has 42 heavy (non-hydrogen) atoms. The highest BCUT2D eigenvalue weighted by molar-refractivity contribution is 6.74. The molecule has 0 aromatic rings. The van der Waals surface area contributed by atoms with Crippen LogP contribution in [-0.4, -0.2) is 80.0 Å². The molecule has 0 spiro atoms. The lowest BCUT2D eigenvalue weighted by Gasteiger charge is -2.72. The molecule has 238 valence electrons. The normalized spacial score (nSPS) is 39.9. The van der Waals surface area contributed by atoms with E-state index in [-0.39, 0.29) is 18.1 Å². The fourth-order valence-corrected chi connectivity index (χ4v) is 9.16. The molecule has 2 aliphatic carbocycles. The van der Waals surface area contributed by atoms with E-state index in [1.165, 1.54) is 13.2 Å². The monoisotopic (exact) mass is 608 g/mol. The summed E-state index contributed by atoms with van der Waals surface area (Å²) in [5, 5.41) is 13.0. The molecule has 0 aromatic heterocycles. The van der Waals surface area contributed by atoms with Crippen molar-refractivity contribution in [3.05, 3.63) is 25.3 Å². The molecule has 0 amide bonds. The second kappa shape index (κ2) is 10.9. The van der Waals surface area contributed by atoms with Crippen LogP contribution in [-0.2, 0) is 37.8 Å². The van der Waals surface area contributed by atoms with Crippen LogP contribution in [0.25, 0.3) is 0 Å². The molecule has 8 atom stereocenters. The van der Waals surface area contributed by atoms with Gasteiger partial charge in [-0.3, -0.25) is 4.79 Å². The van der Waals surface area contributed by atoms with Gasteiger partial charge in [-0.15, -0.1) is 6.58 Å². The van der Waals surface area contributed by atoms with Crippen LogP contribution in [0, 0.1) is 16.7 Å².